The zero-order valence-corrected chi connectivity index (χ0v) is 9.42. The van der Waals surface area contributed by atoms with Crippen molar-refractivity contribution in [2.75, 3.05) is 0 Å². The number of hydrogen-bond donors (Lipinski definition) is 1. The molecule has 1 N–H and O–H groups in total. The van der Waals surface area contributed by atoms with Crippen molar-refractivity contribution in [3.05, 3.63) is 39.4 Å². The van der Waals surface area contributed by atoms with Gasteiger partial charge >= 0.3 is 5.97 Å². The van der Waals surface area contributed by atoms with Gasteiger partial charge in [0, 0.05) is 12.1 Å². The van der Waals surface area contributed by atoms with E-state index in [1.807, 2.05) is 6.92 Å². The van der Waals surface area contributed by atoms with E-state index >= 15 is 0 Å². The lowest BCUT2D eigenvalue weighted by Crippen LogP contribution is -2.31. The monoisotopic (exact) mass is 235 g/mol. The number of nitrogens with zero attached hydrogens (tertiary/aromatic N) is 1. The van der Waals surface area contributed by atoms with Crippen molar-refractivity contribution < 1.29 is 14.8 Å². The first-order valence-corrected chi connectivity index (χ1v) is 5.48. The van der Waals surface area contributed by atoms with Gasteiger partial charge in [0.05, 0.1) is 10.8 Å². The van der Waals surface area contributed by atoms with Gasteiger partial charge in [0.15, 0.2) is 0 Å². The van der Waals surface area contributed by atoms with Gasteiger partial charge in [0.1, 0.15) is 0 Å². The third-order valence-corrected chi connectivity index (χ3v) is 3.46. The molecule has 17 heavy (non-hydrogen) atoms. The lowest BCUT2D eigenvalue weighted by Gasteiger charge is -2.34. The fourth-order valence-corrected chi connectivity index (χ4v) is 2.31. The molecule has 2 rings (SSSR count). The van der Waals surface area contributed by atoms with Gasteiger partial charge < -0.3 is 5.11 Å². The minimum absolute atomic E-state index is 0.0293. The summed E-state index contributed by atoms with van der Waals surface area (Å²) in [6.07, 6.45) is 1.45. The Morgan fingerprint density at radius 2 is 2.18 bits per heavy atom. The molecule has 5 heteroatoms. The summed E-state index contributed by atoms with van der Waals surface area (Å²) in [5.41, 5.74) is 1.76. The van der Waals surface area contributed by atoms with Crippen molar-refractivity contribution >= 4 is 11.7 Å². The van der Waals surface area contributed by atoms with E-state index in [9.17, 15) is 14.9 Å². The Kier molecular flexibility index (Phi) is 2.83. The van der Waals surface area contributed by atoms with Crippen LogP contribution in [0.2, 0.25) is 0 Å². The van der Waals surface area contributed by atoms with Crippen molar-refractivity contribution in [1.82, 2.24) is 0 Å². The van der Waals surface area contributed by atoms with Crippen LogP contribution in [-0.4, -0.2) is 16.0 Å². The van der Waals surface area contributed by atoms with Crippen molar-refractivity contribution in [3.8, 4) is 0 Å². The molecule has 0 unspecified atom stereocenters. The summed E-state index contributed by atoms with van der Waals surface area (Å²) in [6, 6.07) is 4.65. The molecule has 0 aromatic heterocycles. The maximum atomic E-state index is 11.0. The molecule has 0 spiro atoms. The molecule has 0 radical (unpaired) electrons. The number of hydrogen-bond acceptors (Lipinski definition) is 3. The summed E-state index contributed by atoms with van der Waals surface area (Å²) < 4.78 is 0. The minimum atomic E-state index is -0.813. The van der Waals surface area contributed by atoms with Gasteiger partial charge in [-0.3, -0.25) is 14.9 Å². The largest absolute Gasteiger partial charge is 0.481 e. The van der Waals surface area contributed by atoms with Crippen LogP contribution in [0.15, 0.2) is 18.2 Å². The second-order valence-corrected chi connectivity index (χ2v) is 4.43. The van der Waals surface area contributed by atoms with E-state index in [1.165, 1.54) is 12.1 Å². The summed E-state index contributed by atoms with van der Waals surface area (Å²) in [4.78, 5) is 21.2. The topological polar surface area (TPSA) is 80.4 Å². The highest BCUT2D eigenvalue weighted by atomic mass is 16.6. The molecule has 0 aliphatic heterocycles. The number of benzene rings is 1. The van der Waals surface area contributed by atoms with Crippen LogP contribution in [0.3, 0.4) is 0 Å². The maximum Gasteiger partial charge on any atom is 0.307 e. The highest BCUT2D eigenvalue weighted by Crippen LogP contribution is 2.44. The first-order valence-electron chi connectivity index (χ1n) is 5.48. The van der Waals surface area contributed by atoms with E-state index in [0.29, 0.717) is 6.42 Å². The Morgan fingerprint density at radius 1 is 1.47 bits per heavy atom. The van der Waals surface area contributed by atoms with Crippen LogP contribution in [0.4, 0.5) is 5.69 Å². The molecule has 1 aliphatic carbocycles. The third-order valence-electron chi connectivity index (χ3n) is 3.46. The number of nitro groups is 1. The number of rotatable bonds is 3. The number of carboxylic acids is 1. The number of non-ortho nitro benzene ring substituents is 1. The Morgan fingerprint density at radius 3 is 2.65 bits per heavy atom. The van der Waals surface area contributed by atoms with Gasteiger partial charge in [-0.2, -0.15) is 0 Å². The van der Waals surface area contributed by atoms with Crippen LogP contribution in [-0.2, 0) is 4.79 Å². The Labute approximate surface area is 98.2 Å². The molecule has 0 amide bonds. The van der Waals surface area contributed by atoms with Gasteiger partial charge in [0.2, 0.25) is 0 Å². The van der Waals surface area contributed by atoms with Crippen LogP contribution < -0.4 is 0 Å². The van der Waals surface area contributed by atoms with Gasteiger partial charge in [-0.1, -0.05) is 6.07 Å². The fourth-order valence-electron chi connectivity index (χ4n) is 2.31. The molecule has 0 heterocycles. The van der Waals surface area contributed by atoms with E-state index < -0.39 is 16.8 Å². The molecule has 1 saturated carbocycles. The molecule has 1 fully saturated rings. The standard InChI is InChI=1S/C12H13NO4/c1-7-2-3-8(13(16)17)6-11(7)9-4-5-10(9)12(14)15/h2-3,6,9-10H,4-5H2,1H3,(H,14,15)/t9-,10-/m1/s1. The number of aryl methyl sites for hydroxylation is 1. The quantitative estimate of drug-likeness (QED) is 0.644. The summed E-state index contributed by atoms with van der Waals surface area (Å²) in [6.45, 7) is 1.86. The van der Waals surface area contributed by atoms with Crippen molar-refractivity contribution in [3.63, 3.8) is 0 Å². The van der Waals surface area contributed by atoms with Gasteiger partial charge in [-0.15, -0.1) is 0 Å². The number of carboxylic acid groups (broad SMARTS) is 1. The Hall–Kier alpha value is -1.91. The molecule has 2 atom stereocenters. The average molecular weight is 235 g/mol. The summed E-state index contributed by atoms with van der Waals surface area (Å²) in [5, 5.41) is 19.7. The van der Waals surface area contributed by atoms with Crippen LogP contribution >= 0.6 is 0 Å². The smallest absolute Gasteiger partial charge is 0.307 e. The van der Waals surface area contributed by atoms with E-state index in [2.05, 4.69) is 0 Å². The molecule has 5 nitrogen and oxygen atoms in total. The third kappa shape index (κ3) is 2.00. The van der Waals surface area contributed by atoms with Crippen molar-refractivity contribution in [2.24, 2.45) is 5.92 Å². The minimum Gasteiger partial charge on any atom is -0.481 e. The number of carbonyl (C=O) groups is 1. The summed E-state index contributed by atoms with van der Waals surface area (Å²) >= 11 is 0. The summed E-state index contributed by atoms with van der Waals surface area (Å²) in [5.74, 6) is -1.28. The van der Waals surface area contributed by atoms with E-state index in [1.54, 1.807) is 6.07 Å². The second kappa shape index (κ2) is 4.16. The SMILES string of the molecule is Cc1ccc([N+](=O)[O-])cc1[C@@H]1CC[C@H]1C(=O)O. The van der Waals surface area contributed by atoms with Gasteiger partial charge in [0.25, 0.3) is 5.69 Å². The molecule has 1 aromatic carbocycles. The lowest BCUT2D eigenvalue weighted by atomic mass is 9.69. The molecular weight excluding hydrogens is 222 g/mol. The zero-order valence-electron chi connectivity index (χ0n) is 9.42. The van der Waals surface area contributed by atoms with Crippen LogP contribution in [0.1, 0.15) is 29.9 Å². The predicted molar refractivity (Wildman–Crippen MR) is 60.9 cm³/mol. The van der Waals surface area contributed by atoms with E-state index in [-0.39, 0.29) is 11.6 Å². The van der Waals surface area contributed by atoms with E-state index in [4.69, 9.17) is 5.11 Å². The maximum absolute atomic E-state index is 11.0. The molecule has 0 saturated heterocycles. The van der Waals surface area contributed by atoms with Crippen LogP contribution in [0, 0.1) is 23.0 Å². The molecule has 0 bridgehead atoms. The van der Waals surface area contributed by atoms with Gasteiger partial charge in [-0.05, 0) is 36.8 Å². The Balaban J connectivity index is 2.34. The highest BCUT2D eigenvalue weighted by Gasteiger charge is 2.38. The average Bonchev–Trinajstić information content (AvgIpc) is 2.18. The zero-order chi connectivity index (χ0) is 12.6. The molecule has 1 aromatic rings. The van der Waals surface area contributed by atoms with Crippen molar-refractivity contribution in [1.29, 1.82) is 0 Å². The molecular formula is C12H13NO4. The van der Waals surface area contributed by atoms with Crippen LogP contribution in [0.5, 0.6) is 0 Å². The first-order chi connectivity index (χ1) is 8.00. The lowest BCUT2D eigenvalue weighted by molar-refractivity contribution is -0.385. The highest BCUT2D eigenvalue weighted by molar-refractivity contribution is 5.73. The normalized spacial score (nSPS) is 22.9. The van der Waals surface area contributed by atoms with Crippen molar-refractivity contribution in [2.45, 2.75) is 25.7 Å². The second-order valence-electron chi connectivity index (χ2n) is 4.43. The first kappa shape index (κ1) is 11.6. The number of aliphatic carboxylic acids is 1. The Bertz CT molecular complexity index is 483. The molecule has 1 aliphatic rings. The van der Waals surface area contributed by atoms with E-state index in [0.717, 1.165) is 17.5 Å². The van der Waals surface area contributed by atoms with Gasteiger partial charge in [-0.25, -0.2) is 0 Å². The summed E-state index contributed by atoms with van der Waals surface area (Å²) in [7, 11) is 0. The predicted octanol–water partition coefficient (Wildman–Crippen LogP) is 2.48. The molecule has 90 valence electrons. The van der Waals surface area contributed by atoms with Crippen LogP contribution in [0.25, 0.3) is 0 Å². The number of nitro benzene ring substituents is 1. The fraction of sp³-hybridized carbons (Fsp3) is 0.417.